The summed E-state index contributed by atoms with van der Waals surface area (Å²) in [6, 6.07) is 1.02. The number of pyridine rings is 1. The molecule has 0 aliphatic heterocycles. The van der Waals surface area contributed by atoms with Crippen LogP contribution in [0.15, 0.2) is 16.9 Å². The molecule has 0 saturated heterocycles. The number of aldehydes is 1. The van der Waals surface area contributed by atoms with Gasteiger partial charge in [-0.15, -0.1) is 0 Å². The van der Waals surface area contributed by atoms with Gasteiger partial charge in [0.2, 0.25) is 0 Å². The molecule has 0 N–H and O–H groups in total. The van der Waals surface area contributed by atoms with Crippen LogP contribution in [0, 0.1) is 0 Å². The molecule has 0 aliphatic rings. The number of carbonyl (C=O) groups is 1. The van der Waals surface area contributed by atoms with E-state index in [9.17, 15) is 18.0 Å². The minimum absolute atomic E-state index is 0.148. The van der Waals surface area contributed by atoms with Crippen molar-refractivity contribution in [3.05, 3.63) is 28.0 Å². The van der Waals surface area contributed by atoms with E-state index in [1.54, 1.807) is 0 Å². The molecule has 0 amide bonds. The van der Waals surface area contributed by atoms with Crippen LogP contribution in [0.2, 0.25) is 0 Å². The topological polar surface area (TPSA) is 30.0 Å². The molecule has 0 unspecified atom stereocenters. The number of carbonyl (C=O) groups excluding carboxylic acids is 1. The molecule has 0 atom stereocenters. The van der Waals surface area contributed by atoms with Crippen LogP contribution in [0.3, 0.4) is 0 Å². The molecule has 0 aromatic carbocycles. The molecule has 0 fully saturated rings. The second kappa shape index (κ2) is 3.45. The average molecular weight is 254 g/mol. The Bertz CT molecular complexity index is 337. The largest absolute Gasteiger partial charge is 0.418 e. The zero-order valence-electron chi connectivity index (χ0n) is 6.10. The molecule has 2 nitrogen and oxygen atoms in total. The van der Waals surface area contributed by atoms with E-state index in [2.05, 4.69) is 20.9 Å². The van der Waals surface area contributed by atoms with Gasteiger partial charge >= 0.3 is 6.18 Å². The summed E-state index contributed by atoms with van der Waals surface area (Å²) in [5.74, 6) is 0. The van der Waals surface area contributed by atoms with Crippen molar-refractivity contribution in [3.63, 3.8) is 0 Å². The lowest BCUT2D eigenvalue weighted by Gasteiger charge is -2.07. The SMILES string of the molecule is O=Cc1cc(Br)ncc1C(F)(F)F. The summed E-state index contributed by atoms with van der Waals surface area (Å²) in [6.45, 7) is 0. The van der Waals surface area contributed by atoms with E-state index in [0.29, 0.717) is 6.20 Å². The van der Waals surface area contributed by atoms with Crippen molar-refractivity contribution in [1.82, 2.24) is 4.98 Å². The number of alkyl halides is 3. The van der Waals surface area contributed by atoms with Crippen LogP contribution in [0.25, 0.3) is 0 Å². The number of aromatic nitrogens is 1. The summed E-state index contributed by atoms with van der Waals surface area (Å²) >= 11 is 2.87. The van der Waals surface area contributed by atoms with Crippen molar-refractivity contribution in [2.24, 2.45) is 0 Å². The Morgan fingerprint density at radius 3 is 2.54 bits per heavy atom. The maximum Gasteiger partial charge on any atom is 0.418 e. The molecule has 1 aromatic heterocycles. The Morgan fingerprint density at radius 2 is 2.08 bits per heavy atom. The second-order valence-corrected chi connectivity index (χ2v) is 3.02. The third-order valence-electron chi connectivity index (χ3n) is 1.33. The number of rotatable bonds is 1. The lowest BCUT2D eigenvalue weighted by molar-refractivity contribution is -0.138. The molecule has 13 heavy (non-hydrogen) atoms. The van der Waals surface area contributed by atoms with Crippen LogP contribution >= 0.6 is 15.9 Å². The zero-order chi connectivity index (χ0) is 10.1. The smallest absolute Gasteiger partial charge is 0.298 e. The number of halogens is 4. The van der Waals surface area contributed by atoms with Crippen LogP contribution in [-0.4, -0.2) is 11.3 Å². The van der Waals surface area contributed by atoms with Crippen molar-refractivity contribution in [3.8, 4) is 0 Å². The first-order chi connectivity index (χ1) is 5.95. The Morgan fingerprint density at radius 1 is 1.46 bits per heavy atom. The van der Waals surface area contributed by atoms with Gasteiger partial charge in [-0.3, -0.25) is 4.79 Å². The van der Waals surface area contributed by atoms with Crippen molar-refractivity contribution >= 4 is 22.2 Å². The fourth-order valence-electron chi connectivity index (χ4n) is 0.778. The van der Waals surface area contributed by atoms with Gasteiger partial charge in [0.1, 0.15) is 4.60 Å². The summed E-state index contributed by atoms with van der Waals surface area (Å²) < 4.78 is 36.7. The van der Waals surface area contributed by atoms with Crippen LogP contribution in [-0.2, 0) is 6.18 Å². The molecule has 0 spiro atoms. The number of hydrogen-bond acceptors (Lipinski definition) is 2. The highest BCUT2D eigenvalue weighted by Gasteiger charge is 2.33. The predicted octanol–water partition coefficient (Wildman–Crippen LogP) is 2.68. The number of nitrogens with zero attached hydrogens (tertiary/aromatic N) is 1. The van der Waals surface area contributed by atoms with E-state index >= 15 is 0 Å². The molecule has 6 heteroatoms. The highest BCUT2D eigenvalue weighted by Crippen LogP contribution is 2.31. The van der Waals surface area contributed by atoms with E-state index in [1.165, 1.54) is 0 Å². The molecular weight excluding hydrogens is 251 g/mol. The van der Waals surface area contributed by atoms with Crippen molar-refractivity contribution in [2.45, 2.75) is 6.18 Å². The molecule has 0 radical (unpaired) electrons. The van der Waals surface area contributed by atoms with Gasteiger partial charge in [0.05, 0.1) is 5.56 Å². The minimum atomic E-state index is -4.54. The standard InChI is InChI=1S/C7H3BrF3NO/c8-6-1-4(3-13)5(2-12-6)7(9,10)11/h1-3H. The molecule has 1 heterocycles. The summed E-state index contributed by atoms with van der Waals surface area (Å²) in [6.07, 6.45) is -3.77. The van der Waals surface area contributed by atoms with Gasteiger partial charge in [-0.05, 0) is 22.0 Å². The Balaban J connectivity index is 3.29. The molecule has 70 valence electrons. The molecule has 0 bridgehead atoms. The quantitative estimate of drug-likeness (QED) is 0.569. The van der Waals surface area contributed by atoms with Gasteiger partial charge in [-0.25, -0.2) is 4.98 Å². The Kier molecular flexibility index (Phi) is 2.70. The fraction of sp³-hybridized carbons (Fsp3) is 0.143. The monoisotopic (exact) mass is 253 g/mol. The van der Waals surface area contributed by atoms with Gasteiger partial charge in [0, 0.05) is 11.8 Å². The highest BCUT2D eigenvalue weighted by atomic mass is 79.9. The lowest BCUT2D eigenvalue weighted by atomic mass is 10.1. The third kappa shape index (κ3) is 2.27. The van der Waals surface area contributed by atoms with E-state index in [1.807, 2.05) is 0 Å². The van der Waals surface area contributed by atoms with E-state index in [0.717, 1.165) is 6.07 Å². The predicted molar refractivity (Wildman–Crippen MR) is 42.3 cm³/mol. The van der Waals surface area contributed by atoms with Gasteiger partial charge in [0.15, 0.2) is 6.29 Å². The third-order valence-corrected chi connectivity index (χ3v) is 1.77. The first kappa shape index (κ1) is 10.2. The van der Waals surface area contributed by atoms with Crippen molar-refractivity contribution in [2.75, 3.05) is 0 Å². The zero-order valence-corrected chi connectivity index (χ0v) is 7.69. The first-order valence-corrected chi connectivity index (χ1v) is 3.92. The maximum atomic E-state index is 12.2. The molecule has 1 aromatic rings. The van der Waals surface area contributed by atoms with E-state index in [4.69, 9.17) is 0 Å². The first-order valence-electron chi connectivity index (χ1n) is 3.13. The summed E-state index contributed by atoms with van der Waals surface area (Å²) in [7, 11) is 0. The lowest BCUT2D eigenvalue weighted by Crippen LogP contribution is -2.09. The van der Waals surface area contributed by atoms with E-state index < -0.39 is 17.3 Å². The minimum Gasteiger partial charge on any atom is -0.298 e. The molecule has 0 aliphatic carbocycles. The van der Waals surface area contributed by atoms with E-state index in [-0.39, 0.29) is 10.9 Å². The average Bonchev–Trinajstić information content (AvgIpc) is 2.01. The summed E-state index contributed by atoms with van der Waals surface area (Å²) in [5.41, 5.74) is -1.44. The van der Waals surface area contributed by atoms with Crippen molar-refractivity contribution in [1.29, 1.82) is 0 Å². The molecule has 1 rings (SSSR count). The number of hydrogen-bond donors (Lipinski definition) is 0. The van der Waals surface area contributed by atoms with Gasteiger partial charge < -0.3 is 0 Å². The van der Waals surface area contributed by atoms with Gasteiger partial charge in [-0.2, -0.15) is 13.2 Å². The normalized spacial score (nSPS) is 11.4. The Hall–Kier alpha value is -0.910. The van der Waals surface area contributed by atoms with Gasteiger partial charge in [0.25, 0.3) is 0 Å². The summed E-state index contributed by atoms with van der Waals surface area (Å²) in [4.78, 5) is 13.7. The second-order valence-electron chi connectivity index (χ2n) is 2.21. The van der Waals surface area contributed by atoms with Gasteiger partial charge in [-0.1, -0.05) is 0 Å². The Labute approximate surface area is 79.9 Å². The van der Waals surface area contributed by atoms with Crippen LogP contribution in [0.1, 0.15) is 15.9 Å². The maximum absolute atomic E-state index is 12.2. The van der Waals surface area contributed by atoms with Crippen molar-refractivity contribution < 1.29 is 18.0 Å². The van der Waals surface area contributed by atoms with Crippen LogP contribution in [0.4, 0.5) is 13.2 Å². The van der Waals surface area contributed by atoms with Crippen LogP contribution in [0.5, 0.6) is 0 Å². The summed E-state index contributed by atoms with van der Waals surface area (Å²) in [5, 5.41) is 0. The molecular formula is C7H3BrF3NO. The highest BCUT2D eigenvalue weighted by molar-refractivity contribution is 9.10. The van der Waals surface area contributed by atoms with Crippen LogP contribution < -0.4 is 0 Å². The molecule has 0 saturated carbocycles. The fourth-order valence-corrected chi connectivity index (χ4v) is 1.13.